The van der Waals surface area contributed by atoms with Crippen molar-refractivity contribution in [2.24, 2.45) is 11.8 Å². The van der Waals surface area contributed by atoms with E-state index in [9.17, 15) is 43.2 Å². The van der Waals surface area contributed by atoms with Gasteiger partial charge in [-0.3, -0.25) is 37.3 Å². The summed E-state index contributed by atoms with van der Waals surface area (Å²) >= 11 is 0. The third-order valence-corrected chi connectivity index (χ3v) is 16.1. The highest BCUT2D eigenvalue weighted by molar-refractivity contribution is 7.47. The van der Waals surface area contributed by atoms with E-state index in [1.54, 1.807) is 0 Å². The fourth-order valence-corrected chi connectivity index (χ4v) is 10.8. The van der Waals surface area contributed by atoms with E-state index in [1.165, 1.54) is 116 Å². The van der Waals surface area contributed by atoms with Crippen LogP contribution in [-0.2, 0) is 65.4 Å². The summed E-state index contributed by atoms with van der Waals surface area (Å²) in [6.45, 7) is 9.32. The van der Waals surface area contributed by atoms with Crippen LogP contribution in [0.3, 0.4) is 0 Å². The Morgan fingerprint density at radius 2 is 0.568 bits per heavy atom. The van der Waals surface area contributed by atoms with E-state index in [0.717, 1.165) is 102 Å². The lowest BCUT2D eigenvalue weighted by Gasteiger charge is -2.21. The van der Waals surface area contributed by atoms with Crippen LogP contribution in [-0.4, -0.2) is 96.7 Å². The Morgan fingerprint density at radius 3 is 0.840 bits per heavy atom. The number of carbonyl (C=O) groups excluding carboxylic acids is 4. The molecule has 0 saturated carbocycles. The molecule has 0 heterocycles. The number of unbranched alkanes of at least 4 members (excludes halogenated alkanes) is 31. The van der Waals surface area contributed by atoms with E-state index in [1.807, 2.05) is 0 Å². The normalized spacial score (nSPS) is 14.4. The molecule has 0 amide bonds. The Bertz CT molecular complexity index is 1600. The average Bonchev–Trinajstić information content (AvgIpc) is 3.42. The van der Waals surface area contributed by atoms with Gasteiger partial charge >= 0.3 is 39.5 Å². The quantitative estimate of drug-likeness (QED) is 0.0222. The molecule has 0 aromatic heterocycles. The summed E-state index contributed by atoms with van der Waals surface area (Å²) in [7, 11) is -9.87. The molecule has 0 bridgehead atoms. The second kappa shape index (κ2) is 54.7. The molecule has 0 fully saturated rings. The van der Waals surface area contributed by atoms with Crippen molar-refractivity contribution in [1.82, 2.24) is 0 Å². The van der Waals surface area contributed by atoms with Crippen LogP contribution in [0.1, 0.15) is 305 Å². The van der Waals surface area contributed by atoms with E-state index in [2.05, 4.69) is 41.5 Å². The van der Waals surface area contributed by atoms with Crippen LogP contribution < -0.4 is 0 Å². The van der Waals surface area contributed by atoms with Gasteiger partial charge in [-0.1, -0.05) is 253 Å². The van der Waals surface area contributed by atoms with Crippen LogP contribution in [0.4, 0.5) is 0 Å². The molecule has 0 rings (SSSR count). The van der Waals surface area contributed by atoms with Crippen molar-refractivity contribution in [3.8, 4) is 0 Å². The summed E-state index contributed by atoms with van der Waals surface area (Å²) < 4.78 is 67.7. The fourth-order valence-electron chi connectivity index (χ4n) is 9.18. The number of aliphatic hydroxyl groups excluding tert-OH is 1. The van der Waals surface area contributed by atoms with Gasteiger partial charge in [-0.2, -0.15) is 0 Å². The minimum atomic E-state index is -4.94. The monoisotopic (exact) mass is 1200 g/mol. The molecule has 0 aliphatic heterocycles. The molecule has 0 saturated heterocycles. The Labute approximate surface area is 492 Å². The number of hydrogen-bond acceptors (Lipinski definition) is 15. The van der Waals surface area contributed by atoms with Gasteiger partial charge in [0.25, 0.3) is 0 Å². The van der Waals surface area contributed by atoms with Gasteiger partial charge in [0, 0.05) is 25.7 Å². The van der Waals surface area contributed by atoms with E-state index < -0.39 is 97.5 Å². The van der Waals surface area contributed by atoms with E-state index in [4.69, 9.17) is 37.0 Å². The largest absolute Gasteiger partial charge is 0.472 e. The van der Waals surface area contributed by atoms with Gasteiger partial charge in [0.2, 0.25) is 0 Å². The molecule has 0 aliphatic carbocycles. The van der Waals surface area contributed by atoms with Gasteiger partial charge < -0.3 is 33.8 Å². The molecule has 0 spiro atoms. The smallest absolute Gasteiger partial charge is 0.462 e. The fraction of sp³-hybridized carbons (Fsp3) is 0.935. The minimum Gasteiger partial charge on any atom is -0.462 e. The van der Waals surface area contributed by atoms with Crippen LogP contribution in [0.25, 0.3) is 0 Å². The number of hydrogen-bond donors (Lipinski definition) is 3. The number of rotatable bonds is 61. The molecule has 81 heavy (non-hydrogen) atoms. The van der Waals surface area contributed by atoms with Crippen molar-refractivity contribution in [1.29, 1.82) is 0 Å². The first kappa shape index (κ1) is 79.1. The van der Waals surface area contributed by atoms with E-state index in [0.29, 0.717) is 31.6 Å². The van der Waals surface area contributed by atoms with Crippen LogP contribution in [0.2, 0.25) is 0 Å². The molecule has 5 atom stereocenters. The lowest BCUT2D eigenvalue weighted by Crippen LogP contribution is -2.30. The van der Waals surface area contributed by atoms with Gasteiger partial charge in [-0.25, -0.2) is 9.13 Å². The van der Waals surface area contributed by atoms with Crippen LogP contribution in [0.15, 0.2) is 0 Å². The van der Waals surface area contributed by atoms with Crippen LogP contribution in [0.5, 0.6) is 0 Å². The lowest BCUT2D eigenvalue weighted by atomic mass is 10.0. The first-order valence-corrected chi connectivity index (χ1v) is 35.5. The molecule has 0 aromatic carbocycles. The van der Waals surface area contributed by atoms with Crippen molar-refractivity contribution in [3.63, 3.8) is 0 Å². The van der Waals surface area contributed by atoms with Gasteiger partial charge in [0.15, 0.2) is 12.2 Å². The van der Waals surface area contributed by atoms with Crippen molar-refractivity contribution in [3.05, 3.63) is 0 Å². The topological polar surface area (TPSA) is 237 Å². The number of phosphoric ester groups is 2. The van der Waals surface area contributed by atoms with Crippen molar-refractivity contribution in [2.75, 3.05) is 39.6 Å². The Kier molecular flexibility index (Phi) is 53.4. The SMILES string of the molecule is CCCCCCCCCCCCCCCC(=O)OC[C@H](COP(=O)(O)OC[C@@H](O)COP(=O)(O)OC[C@@H](COC(=O)CCCCCCC)OC(=O)CCCCCCCCCC(C)C)OC(=O)CCCCCCCCCCCCC(C)C. The molecule has 17 nitrogen and oxygen atoms in total. The van der Waals surface area contributed by atoms with Gasteiger partial charge in [-0.05, 0) is 37.5 Å². The van der Waals surface area contributed by atoms with E-state index >= 15 is 0 Å². The molecule has 0 aromatic rings. The van der Waals surface area contributed by atoms with Gasteiger partial charge in [0.1, 0.15) is 19.3 Å². The van der Waals surface area contributed by atoms with Crippen molar-refractivity contribution < 1.29 is 80.2 Å². The molecule has 2 unspecified atom stereocenters. The maximum Gasteiger partial charge on any atom is 0.472 e. The Morgan fingerprint density at radius 1 is 0.333 bits per heavy atom. The third-order valence-electron chi connectivity index (χ3n) is 14.2. The average molecular weight is 1200 g/mol. The van der Waals surface area contributed by atoms with Crippen molar-refractivity contribution >= 4 is 39.5 Å². The number of carbonyl (C=O) groups is 4. The highest BCUT2D eigenvalue weighted by Crippen LogP contribution is 2.45. The maximum absolute atomic E-state index is 13.0. The third kappa shape index (κ3) is 56.9. The number of esters is 4. The molecule has 480 valence electrons. The van der Waals surface area contributed by atoms with Crippen LogP contribution in [0, 0.1) is 11.8 Å². The van der Waals surface area contributed by atoms with Gasteiger partial charge in [-0.15, -0.1) is 0 Å². The number of ether oxygens (including phenoxy) is 4. The zero-order chi connectivity index (χ0) is 60.1. The number of phosphoric acid groups is 2. The molecule has 0 radical (unpaired) electrons. The summed E-state index contributed by atoms with van der Waals surface area (Å²) in [6, 6.07) is 0. The minimum absolute atomic E-state index is 0.102. The Hall–Kier alpha value is -1.94. The first-order chi connectivity index (χ1) is 38.9. The highest BCUT2D eigenvalue weighted by Gasteiger charge is 2.30. The van der Waals surface area contributed by atoms with Crippen molar-refractivity contribution in [2.45, 2.75) is 323 Å². The second-order valence-corrected chi connectivity index (χ2v) is 26.3. The van der Waals surface area contributed by atoms with Gasteiger partial charge in [0.05, 0.1) is 26.4 Å². The van der Waals surface area contributed by atoms with Crippen LogP contribution >= 0.6 is 15.6 Å². The summed E-state index contributed by atoms with van der Waals surface area (Å²) in [4.78, 5) is 71.9. The summed E-state index contributed by atoms with van der Waals surface area (Å²) in [5, 5.41) is 10.5. The predicted molar refractivity (Wildman–Crippen MR) is 321 cm³/mol. The predicted octanol–water partition coefficient (Wildman–Crippen LogP) is 16.9. The second-order valence-electron chi connectivity index (χ2n) is 23.4. The Balaban J connectivity index is 5.18. The molecule has 0 aliphatic rings. The number of aliphatic hydroxyl groups is 1. The molecule has 19 heteroatoms. The summed E-state index contributed by atoms with van der Waals surface area (Å²) in [5.74, 6) is -0.700. The zero-order valence-electron chi connectivity index (χ0n) is 52.1. The zero-order valence-corrected chi connectivity index (χ0v) is 53.9. The summed E-state index contributed by atoms with van der Waals surface area (Å²) in [6.07, 6.45) is 36.6. The van der Waals surface area contributed by atoms with E-state index in [-0.39, 0.29) is 25.7 Å². The maximum atomic E-state index is 13.0. The highest BCUT2D eigenvalue weighted by atomic mass is 31.2. The molecule has 3 N–H and O–H groups in total. The molecular weight excluding hydrogens is 1080 g/mol. The first-order valence-electron chi connectivity index (χ1n) is 32.5. The molecular formula is C62H120O17P2. The summed E-state index contributed by atoms with van der Waals surface area (Å²) in [5.41, 5.74) is 0. The standard InChI is InChI=1S/C62H120O17P2/c1-7-9-11-13-14-15-16-17-18-22-27-33-39-45-60(65)73-51-58(79-61(66)46-40-34-28-23-20-19-21-25-31-36-42-54(3)4)53-77-81(70,71)75-49-56(63)48-74-80(68,69)76-52-57(50-72-59(64)44-38-30-12-10-8-2)78-62(67)47-41-35-29-24-26-32-37-43-55(5)6/h54-58,63H,7-53H2,1-6H3,(H,68,69)(H,70,71)/t56-,57+,58+/m0/s1. The lowest BCUT2D eigenvalue weighted by molar-refractivity contribution is -0.161.